The Bertz CT molecular complexity index is 860. The van der Waals surface area contributed by atoms with Crippen molar-refractivity contribution in [2.45, 2.75) is 13.0 Å². The molecule has 0 amide bonds. The maximum absolute atomic E-state index is 12.4. The molecule has 0 aliphatic heterocycles. The van der Waals surface area contributed by atoms with E-state index in [4.69, 9.17) is 5.73 Å². The first-order chi connectivity index (χ1) is 10.1. The Balaban J connectivity index is 2.29. The van der Waals surface area contributed by atoms with Gasteiger partial charge in [0.05, 0.1) is 5.52 Å². The fourth-order valence-electron chi connectivity index (χ4n) is 2.55. The SMILES string of the molecule is Nc1cccc2c1cc(C(=O)O)c(=O)n2CC1=CC=CC1. The number of hydrogen-bond acceptors (Lipinski definition) is 3. The maximum Gasteiger partial charge on any atom is 0.341 e. The lowest BCUT2D eigenvalue weighted by molar-refractivity contribution is 0.0694. The van der Waals surface area contributed by atoms with E-state index in [1.165, 1.54) is 10.6 Å². The van der Waals surface area contributed by atoms with E-state index < -0.39 is 11.5 Å². The van der Waals surface area contributed by atoms with Gasteiger partial charge in [0.25, 0.3) is 5.56 Å². The van der Waals surface area contributed by atoms with E-state index in [2.05, 4.69) is 0 Å². The lowest BCUT2D eigenvalue weighted by Crippen LogP contribution is -2.27. The summed E-state index contributed by atoms with van der Waals surface area (Å²) in [6.45, 7) is 0.368. The number of nitrogens with zero attached hydrogens (tertiary/aromatic N) is 1. The van der Waals surface area contributed by atoms with Gasteiger partial charge in [0.15, 0.2) is 0 Å². The minimum Gasteiger partial charge on any atom is -0.477 e. The number of aromatic carboxylic acids is 1. The van der Waals surface area contributed by atoms with Crippen LogP contribution in [-0.2, 0) is 6.54 Å². The highest BCUT2D eigenvalue weighted by Gasteiger charge is 2.16. The van der Waals surface area contributed by atoms with Crippen molar-refractivity contribution in [1.29, 1.82) is 0 Å². The van der Waals surface area contributed by atoms with Crippen LogP contribution in [0.5, 0.6) is 0 Å². The number of carboxylic acids is 1. The fourth-order valence-corrected chi connectivity index (χ4v) is 2.55. The van der Waals surface area contributed by atoms with E-state index in [-0.39, 0.29) is 5.56 Å². The predicted octanol–water partition coefficient (Wildman–Crippen LogP) is 2.17. The van der Waals surface area contributed by atoms with Crippen LogP contribution in [0, 0.1) is 0 Å². The van der Waals surface area contributed by atoms with Crippen LogP contribution in [0.2, 0.25) is 0 Å². The Morgan fingerprint density at radius 3 is 2.86 bits per heavy atom. The van der Waals surface area contributed by atoms with Crippen molar-refractivity contribution in [3.8, 4) is 0 Å². The normalized spacial score (nSPS) is 13.6. The molecule has 106 valence electrons. The molecule has 1 aliphatic carbocycles. The van der Waals surface area contributed by atoms with Gasteiger partial charge in [0.2, 0.25) is 0 Å². The summed E-state index contributed by atoms with van der Waals surface area (Å²) in [6.07, 6.45) is 6.64. The van der Waals surface area contributed by atoms with Crippen LogP contribution >= 0.6 is 0 Å². The number of nitrogens with two attached hydrogens (primary N) is 1. The number of carboxylic acid groups (broad SMARTS) is 1. The standard InChI is InChI=1S/C16H14N2O3/c17-13-6-3-7-14-11(13)8-12(16(20)21)15(19)18(14)9-10-4-1-2-5-10/h1-4,6-8H,5,9,17H2,(H,20,21). The number of hydrogen-bond donors (Lipinski definition) is 2. The Morgan fingerprint density at radius 1 is 1.38 bits per heavy atom. The molecule has 0 unspecified atom stereocenters. The van der Waals surface area contributed by atoms with Gasteiger partial charge >= 0.3 is 5.97 Å². The fraction of sp³-hybridized carbons (Fsp3) is 0.125. The number of nitrogen functional groups attached to an aromatic ring is 1. The molecule has 0 saturated heterocycles. The van der Waals surface area contributed by atoms with Crippen LogP contribution in [0.1, 0.15) is 16.8 Å². The Labute approximate surface area is 120 Å². The van der Waals surface area contributed by atoms with Gasteiger partial charge in [-0.1, -0.05) is 24.3 Å². The number of aromatic nitrogens is 1. The van der Waals surface area contributed by atoms with Gasteiger partial charge in [0.1, 0.15) is 5.56 Å². The van der Waals surface area contributed by atoms with E-state index in [0.717, 1.165) is 12.0 Å². The quantitative estimate of drug-likeness (QED) is 0.845. The molecule has 0 spiro atoms. The number of allylic oxidation sites excluding steroid dienone is 4. The zero-order valence-electron chi connectivity index (χ0n) is 11.2. The first-order valence-electron chi connectivity index (χ1n) is 6.58. The third-order valence-corrected chi connectivity index (χ3v) is 3.61. The molecule has 0 radical (unpaired) electrons. The molecule has 1 heterocycles. The predicted molar refractivity (Wildman–Crippen MR) is 81.4 cm³/mol. The Morgan fingerprint density at radius 2 is 2.19 bits per heavy atom. The van der Waals surface area contributed by atoms with Crippen molar-refractivity contribution in [2.75, 3.05) is 5.73 Å². The van der Waals surface area contributed by atoms with Crippen molar-refractivity contribution >= 4 is 22.6 Å². The maximum atomic E-state index is 12.4. The highest BCUT2D eigenvalue weighted by Crippen LogP contribution is 2.22. The van der Waals surface area contributed by atoms with Gasteiger partial charge in [-0.15, -0.1) is 0 Å². The van der Waals surface area contributed by atoms with E-state index in [0.29, 0.717) is 23.1 Å². The summed E-state index contributed by atoms with van der Waals surface area (Å²) in [7, 11) is 0. The van der Waals surface area contributed by atoms with Crippen LogP contribution in [-0.4, -0.2) is 15.6 Å². The molecule has 0 fully saturated rings. The van der Waals surface area contributed by atoms with Gasteiger partial charge in [-0.3, -0.25) is 4.79 Å². The van der Waals surface area contributed by atoms with Crippen LogP contribution in [0.25, 0.3) is 10.9 Å². The Kier molecular flexibility index (Phi) is 3.10. The number of pyridine rings is 1. The van der Waals surface area contributed by atoms with Crippen LogP contribution in [0.15, 0.2) is 52.9 Å². The molecule has 0 bridgehead atoms. The summed E-state index contributed by atoms with van der Waals surface area (Å²) in [5.41, 5.74) is 7.32. The van der Waals surface area contributed by atoms with Crippen molar-refractivity contribution in [3.63, 3.8) is 0 Å². The van der Waals surface area contributed by atoms with Gasteiger partial charge in [-0.05, 0) is 30.2 Å². The topological polar surface area (TPSA) is 85.3 Å². The van der Waals surface area contributed by atoms with Gasteiger partial charge in [-0.2, -0.15) is 0 Å². The summed E-state index contributed by atoms with van der Waals surface area (Å²) >= 11 is 0. The molecule has 1 aliphatic rings. The number of benzene rings is 1. The van der Waals surface area contributed by atoms with Crippen molar-refractivity contribution in [1.82, 2.24) is 4.57 Å². The van der Waals surface area contributed by atoms with Crippen molar-refractivity contribution in [3.05, 3.63) is 64.0 Å². The van der Waals surface area contributed by atoms with Crippen molar-refractivity contribution in [2.24, 2.45) is 0 Å². The minimum atomic E-state index is -1.24. The second-order valence-corrected chi connectivity index (χ2v) is 4.99. The first kappa shape index (κ1) is 13.2. The second-order valence-electron chi connectivity index (χ2n) is 4.99. The van der Waals surface area contributed by atoms with Gasteiger partial charge in [-0.25, -0.2) is 4.79 Å². The molecular formula is C16H14N2O3. The molecule has 3 rings (SSSR count). The highest BCUT2D eigenvalue weighted by molar-refractivity contribution is 5.97. The molecule has 0 saturated carbocycles. The summed E-state index contributed by atoms with van der Waals surface area (Å²) in [5, 5.41) is 9.80. The van der Waals surface area contributed by atoms with E-state index in [1.807, 2.05) is 18.2 Å². The molecule has 0 atom stereocenters. The zero-order valence-corrected chi connectivity index (χ0v) is 11.2. The molecule has 3 N–H and O–H groups in total. The minimum absolute atomic E-state index is 0.257. The van der Waals surface area contributed by atoms with Crippen molar-refractivity contribution < 1.29 is 9.90 Å². The van der Waals surface area contributed by atoms with E-state index in [9.17, 15) is 14.7 Å². The molecule has 5 nitrogen and oxygen atoms in total. The third kappa shape index (κ3) is 2.23. The van der Waals surface area contributed by atoms with Crippen LogP contribution in [0.4, 0.5) is 5.69 Å². The van der Waals surface area contributed by atoms with Crippen LogP contribution < -0.4 is 11.3 Å². The largest absolute Gasteiger partial charge is 0.477 e. The summed E-state index contributed by atoms with van der Waals surface area (Å²) in [6, 6.07) is 6.59. The van der Waals surface area contributed by atoms with Gasteiger partial charge in [0, 0.05) is 17.6 Å². The van der Waals surface area contributed by atoms with Crippen LogP contribution in [0.3, 0.4) is 0 Å². The highest BCUT2D eigenvalue weighted by atomic mass is 16.4. The number of rotatable bonds is 3. The molecule has 2 aromatic rings. The average Bonchev–Trinajstić information content (AvgIpc) is 2.95. The second kappa shape index (κ2) is 4.94. The Hall–Kier alpha value is -2.82. The summed E-state index contributed by atoms with van der Waals surface area (Å²) in [5.74, 6) is -1.24. The average molecular weight is 282 g/mol. The third-order valence-electron chi connectivity index (χ3n) is 3.61. The molecule has 21 heavy (non-hydrogen) atoms. The summed E-state index contributed by atoms with van der Waals surface area (Å²) in [4.78, 5) is 23.7. The molecule has 1 aromatic carbocycles. The van der Waals surface area contributed by atoms with E-state index >= 15 is 0 Å². The molecular weight excluding hydrogens is 268 g/mol. The number of fused-ring (bicyclic) bond motifs is 1. The number of anilines is 1. The lowest BCUT2D eigenvalue weighted by atomic mass is 10.1. The first-order valence-corrected chi connectivity index (χ1v) is 6.58. The smallest absolute Gasteiger partial charge is 0.341 e. The summed E-state index contributed by atoms with van der Waals surface area (Å²) < 4.78 is 1.48. The number of carbonyl (C=O) groups is 1. The van der Waals surface area contributed by atoms with Gasteiger partial charge < -0.3 is 15.4 Å². The zero-order chi connectivity index (χ0) is 15.0. The molecule has 1 aromatic heterocycles. The molecule has 5 heteroatoms. The van der Waals surface area contributed by atoms with E-state index in [1.54, 1.807) is 18.2 Å². The lowest BCUT2D eigenvalue weighted by Gasteiger charge is -2.13. The monoisotopic (exact) mass is 282 g/mol.